The number of aromatic nitrogens is 1. The predicted molar refractivity (Wildman–Crippen MR) is 118 cm³/mol. The van der Waals surface area contributed by atoms with Crippen molar-refractivity contribution in [1.82, 2.24) is 9.47 Å². The number of carbonyl (C=O) groups is 1. The largest absolute Gasteiger partial charge is 0.493 e. The van der Waals surface area contributed by atoms with Gasteiger partial charge in [-0.3, -0.25) is 9.59 Å². The third-order valence-electron chi connectivity index (χ3n) is 6.04. The zero-order valence-corrected chi connectivity index (χ0v) is 18.4. The molecule has 1 atom stereocenters. The topological polar surface area (TPSA) is 60.8 Å². The van der Waals surface area contributed by atoms with Crippen molar-refractivity contribution in [3.63, 3.8) is 0 Å². The number of amides is 1. The first-order valence-corrected chi connectivity index (χ1v) is 10.7. The Hall–Kier alpha value is -2.76. The van der Waals surface area contributed by atoms with Crippen LogP contribution in [0.15, 0.2) is 35.3 Å². The summed E-state index contributed by atoms with van der Waals surface area (Å²) in [5, 5.41) is 0. The quantitative estimate of drug-likeness (QED) is 0.694. The molecule has 30 heavy (non-hydrogen) atoms. The monoisotopic (exact) mass is 412 g/mol. The molecule has 0 aliphatic carbocycles. The molecule has 1 saturated heterocycles. The summed E-state index contributed by atoms with van der Waals surface area (Å²) in [6, 6.07) is 7.84. The van der Waals surface area contributed by atoms with E-state index in [1.165, 1.54) is 0 Å². The Morgan fingerprint density at radius 3 is 2.60 bits per heavy atom. The number of rotatable bonds is 7. The van der Waals surface area contributed by atoms with Gasteiger partial charge in [-0.2, -0.15) is 0 Å². The molecule has 0 spiro atoms. The van der Waals surface area contributed by atoms with Crippen molar-refractivity contribution in [1.29, 1.82) is 0 Å². The van der Waals surface area contributed by atoms with E-state index in [1.807, 2.05) is 36.1 Å². The number of pyridine rings is 1. The zero-order valence-electron chi connectivity index (χ0n) is 18.4. The Balaban J connectivity index is 1.82. The summed E-state index contributed by atoms with van der Waals surface area (Å²) in [6.45, 7) is 5.18. The molecule has 6 heteroatoms. The second-order valence-electron chi connectivity index (χ2n) is 7.87. The van der Waals surface area contributed by atoms with Crippen molar-refractivity contribution in [2.75, 3.05) is 20.8 Å². The van der Waals surface area contributed by atoms with Gasteiger partial charge in [-0.05, 0) is 68.4 Å². The molecule has 1 aromatic carbocycles. The maximum Gasteiger partial charge on any atom is 0.263 e. The number of piperidine rings is 1. The fraction of sp³-hybridized carbons (Fsp3) is 0.500. The molecule has 2 aromatic rings. The summed E-state index contributed by atoms with van der Waals surface area (Å²) < 4.78 is 12.3. The fourth-order valence-electron chi connectivity index (χ4n) is 4.22. The highest BCUT2D eigenvalue weighted by molar-refractivity contribution is 5.95. The van der Waals surface area contributed by atoms with Crippen LogP contribution >= 0.6 is 0 Å². The van der Waals surface area contributed by atoms with Crippen LogP contribution in [-0.2, 0) is 13.0 Å². The summed E-state index contributed by atoms with van der Waals surface area (Å²) in [4.78, 5) is 28.4. The molecule has 0 N–H and O–H groups in total. The van der Waals surface area contributed by atoms with Gasteiger partial charge in [-0.25, -0.2) is 0 Å². The lowest BCUT2D eigenvalue weighted by molar-refractivity contribution is 0.0604. The molecular formula is C24H32N2O4. The Kier molecular flexibility index (Phi) is 7.19. The Bertz CT molecular complexity index is 951. The molecule has 0 bridgehead atoms. The number of benzene rings is 1. The van der Waals surface area contributed by atoms with Crippen molar-refractivity contribution in [3.8, 4) is 11.5 Å². The Morgan fingerprint density at radius 1 is 1.13 bits per heavy atom. The van der Waals surface area contributed by atoms with Crippen molar-refractivity contribution < 1.29 is 14.3 Å². The molecule has 1 unspecified atom stereocenters. The van der Waals surface area contributed by atoms with Crippen LogP contribution in [0.4, 0.5) is 0 Å². The van der Waals surface area contributed by atoms with E-state index < -0.39 is 0 Å². The molecule has 0 radical (unpaired) electrons. The number of likely N-dealkylation sites (tertiary alicyclic amines) is 1. The van der Waals surface area contributed by atoms with Gasteiger partial charge in [0.25, 0.3) is 11.5 Å². The van der Waals surface area contributed by atoms with Gasteiger partial charge in [0.1, 0.15) is 5.56 Å². The summed E-state index contributed by atoms with van der Waals surface area (Å²) in [6.07, 6.45) is 6.51. The van der Waals surface area contributed by atoms with Crippen LogP contribution in [0, 0.1) is 6.92 Å². The van der Waals surface area contributed by atoms with Gasteiger partial charge in [-0.15, -0.1) is 0 Å². The summed E-state index contributed by atoms with van der Waals surface area (Å²) in [7, 11) is 3.21. The summed E-state index contributed by atoms with van der Waals surface area (Å²) in [5.74, 6) is 1.22. The lowest BCUT2D eigenvalue weighted by Crippen LogP contribution is -2.46. The molecule has 0 saturated carbocycles. The number of hydrogen-bond acceptors (Lipinski definition) is 4. The second kappa shape index (κ2) is 9.83. The van der Waals surface area contributed by atoms with Crippen LogP contribution in [-0.4, -0.2) is 42.2 Å². The van der Waals surface area contributed by atoms with E-state index in [2.05, 4.69) is 6.92 Å². The van der Waals surface area contributed by atoms with Crippen LogP contribution in [0.25, 0.3) is 0 Å². The average molecular weight is 413 g/mol. The SMILES string of the molecule is CCC1CCCCN1C(=O)c1c(C)ccn(CCc2ccc(OC)c(OC)c2)c1=O. The first-order chi connectivity index (χ1) is 14.5. The minimum absolute atomic E-state index is 0.121. The van der Waals surface area contributed by atoms with E-state index in [0.29, 0.717) is 30.0 Å². The number of hydrogen-bond donors (Lipinski definition) is 0. The first-order valence-electron chi connectivity index (χ1n) is 10.7. The molecule has 1 aliphatic rings. The molecular weight excluding hydrogens is 380 g/mol. The van der Waals surface area contributed by atoms with Gasteiger partial charge < -0.3 is 18.9 Å². The average Bonchev–Trinajstić information content (AvgIpc) is 2.78. The molecule has 162 valence electrons. The highest BCUT2D eigenvalue weighted by atomic mass is 16.5. The van der Waals surface area contributed by atoms with Crippen LogP contribution in [0.3, 0.4) is 0 Å². The van der Waals surface area contributed by atoms with Crippen LogP contribution in [0.5, 0.6) is 11.5 Å². The van der Waals surface area contributed by atoms with Gasteiger partial charge in [0.05, 0.1) is 14.2 Å². The highest BCUT2D eigenvalue weighted by Gasteiger charge is 2.29. The molecule has 1 amide bonds. The normalized spacial score (nSPS) is 16.4. The Labute approximate surface area is 178 Å². The van der Waals surface area contributed by atoms with Gasteiger partial charge in [-0.1, -0.05) is 13.0 Å². The summed E-state index contributed by atoms with van der Waals surface area (Å²) >= 11 is 0. The van der Waals surface area contributed by atoms with E-state index in [-0.39, 0.29) is 17.5 Å². The maximum absolute atomic E-state index is 13.3. The number of carbonyl (C=O) groups excluding carboxylic acids is 1. The lowest BCUT2D eigenvalue weighted by Gasteiger charge is -2.35. The summed E-state index contributed by atoms with van der Waals surface area (Å²) in [5.41, 5.74) is 1.88. The number of nitrogens with zero attached hydrogens (tertiary/aromatic N) is 2. The van der Waals surface area contributed by atoms with Gasteiger partial charge in [0.2, 0.25) is 0 Å². The molecule has 1 aromatic heterocycles. The molecule has 1 fully saturated rings. The third kappa shape index (κ3) is 4.53. The first kappa shape index (κ1) is 21.9. The molecule has 1 aliphatic heterocycles. The predicted octanol–water partition coefficient (Wildman–Crippen LogP) is 3.82. The van der Waals surface area contributed by atoms with Crippen molar-refractivity contribution in [2.45, 2.75) is 58.5 Å². The standard InChI is InChI=1S/C24H32N2O4/c1-5-19-8-6-7-13-26(19)24(28)22-17(2)11-14-25(23(22)27)15-12-18-9-10-20(29-3)21(16-18)30-4/h9-11,14,16,19H,5-8,12-13,15H2,1-4H3. The van der Waals surface area contributed by atoms with E-state index in [1.54, 1.807) is 25.0 Å². The van der Waals surface area contributed by atoms with Gasteiger partial charge in [0.15, 0.2) is 11.5 Å². The zero-order chi connectivity index (χ0) is 21.7. The smallest absolute Gasteiger partial charge is 0.263 e. The minimum Gasteiger partial charge on any atom is -0.493 e. The van der Waals surface area contributed by atoms with Crippen molar-refractivity contribution in [3.05, 3.63) is 57.5 Å². The molecule has 6 nitrogen and oxygen atoms in total. The van der Waals surface area contributed by atoms with E-state index in [9.17, 15) is 9.59 Å². The van der Waals surface area contributed by atoms with Crippen molar-refractivity contribution >= 4 is 5.91 Å². The van der Waals surface area contributed by atoms with Crippen molar-refractivity contribution in [2.24, 2.45) is 0 Å². The minimum atomic E-state index is -0.207. The van der Waals surface area contributed by atoms with Crippen LogP contribution < -0.4 is 15.0 Å². The molecule has 2 heterocycles. The number of aryl methyl sites for hydroxylation is 3. The van der Waals surface area contributed by atoms with Gasteiger partial charge in [0, 0.05) is 25.3 Å². The lowest BCUT2D eigenvalue weighted by atomic mass is 9.98. The fourth-order valence-corrected chi connectivity index (χ4v) is 4.22. The maximum atomic E-state index is 13.3. The van der Waals surface area contributed by atoms with Crippen LogP contribution in [0.2, 0.25) is 0 Å². The number of ether oxygens (including phenoxy) is 2. The molecule has 3 rings (SSSR count). The third-order valence-corrected chi connectivity index (χ3v) is 6.04. The van der Waals surface area contributed by atoms with Gasteiger partial charge >= 0.3 is 0 Å². The van der Waals surface area contributed by atoms with E-state index in [4.69, 9.17) is 9.47 Å². The van der Waals surface area contributed by atoms with E-state index >= 15 is 0 Å². The van der Waals surface area contributed by atoms with E-state index in [0.717, 1.165) is 43.4 Å². The highest BCUT2D eigenvalue weighted by Crippen LogP contribution is 2.28. The van der Waals surface area contributed by atoms with Crippen LogP contribution in [0.1, 0.15) is 54.1 Å². The second-order valence-corrected chi connectivity index (χ2v) is 7.87. The Morgan fingerprint density at radius 2 is 1.90 bits per heavy atom. The number of methoxy groups -OCH3 is 2.